The van der Waals surface area contributed by atoms with Crippen molar-refractivity contribution in [2.75, 3.05) is 38.3 Å². The van der Waals surface area contributed by atoms with Crippen LogP contribution in [0.1, 0.15) is 41.3 Å². The maximum absolute atomic E-state index is 15.6. The fourth-order valence-corrected chi connectivity index (χ4v) is 6.15. The maximum Gasteiger partial charge on any atom is 0.417 e. The van der Waals surface area contributed by atoms with Gasteiger partial charge in [0.05, 0.1) is 54.2 Å². The second-order valence-electron chi connectivity index (χ2n) is 12.3. The Morgan fingerprint density at radius 1 is 1.04 bits per heavy atom. The zero-order chi connectivity index (χ0) is 36.0. The number of ether oxygens (including phenoxy) is 1. The molecule has 6 rings (SSSR count). The molecule has 9 nitrogen and oxygen atoms in total. The number of aromatic nitrogens is 3. The monoisotopic (exact) mass is 710 g/mol. The van der Waals surface area contributed by atoms with Crippen LogP contribution in [0, 0.1) is 5.82 Å². The Labute approximate surface area is 280 Å². The van der Waals surface area contributed by atoms with Gasteiger partial charge in [0.1, 0.15) is 5.82 Å². The Morgan fingerprint density at radius 3 is 2.44 bits per heavy atom. The van der Waals surface area contributed by atoms with E-state index in [1.54, 1.807) is 0 Å². The van der Waals surface area contributed by atoms with Crippen LogP contribution >= 0.6 is 0 Å². The number of nitrogens with zero attached hydrogens (tertiary/aromatic N) is 5. The lowest BCUT2D eigenvalue weighted by Crippen LogP contribution is -2.47. The quantitative estimate of drug-likeness (QED) is 0.210. The molecule has 50 heavy (non-hydrogen) atoms. The average molecular weight is 711 g/mol. The maximum atomic E-state index is 15.6. The van der Waals surface area contributed by atoms with Crippen LogP contribution in [-0.4, -0.2) is 71.3 Å². The van der Waals surface area contributed by atoms with Gasteiger partial charge < -0.3 is 19.8 Å². The van der Waals surface area contributed by atoms with Crippen molar-refractivity contribution in [2.24, 2.45) is 5.73 Å². The Balaban J connectivity index is 1.31. The molecule has 0 radical (unpaired) electrons. The number of halogens is 8. The van der Waals surface area contributed by atoms with Gasteiger partial charge in [-0.1, -0.05) is 24.3 Å². The number of pyridine rings is 1. The van der Waals surface area contributed by atoms with E-state index in [9.17, 15) is 26.7 Å². The van der Waals surface area contributed by atoms with Crippen LogP contribution in [0.5, 0.6) is 0 Å². The Hall–Kier alpha value is -4.48. The zero-order valence-electron chi connectivity index (χ0n) is 26.4. The molecule has 2 aliphatic rings. The number of fused-ring (bicyclic) bond motifs is 1. The number of carbonyl (C=O) groups excluding carboxylic acids is 1. The van der Waals surface area contributed by atoms with Gasteiger partial charge in [-0.2, -0.15) is 13.2 Å². The first kappa shape index (κ1) is 35.3. The molecule has 0 bridgehead atoms. The first-order valence-electron chi connectivity index (χ1n) is 15.4. The number of carbonyl (C=O) groups is 1. The standard InChI is InChI=1S/C33H30F8N6O3/c1-49-9-8-46-16-20(12-31(35,36)17-46)28-44-45-29(50-28)22-10-27-23(11-24(22)34)32(37,38)13-25(42)30(48)47(27)15-18-2-4-19(5-3-18)26-7-6-21(14-43-26)33(39,40)41/h2-7,10-11,14,20,25H,8-9,12-13,15-17,42H2,1H3/t20?,25-/m0/s1. The number of piperidine rings is 1. The molecule has 4 aromatic rings. The minimum Gasteiger partial charge on any atom is -0.420 e. The third kappa shape index (κ3) is 7.34. The van der Waals surface area contributed by atoms with Crippen molar-refractivity contribution in [1.82, 2.24) is 20.1 Å². The summed E-state index contributed by atoms with van der Waals surface area (Å²) in [4.78, 5) is 19.8. The summed E-state index contributed by atoms with van der Waals surface area (Å²) in [6.45, 7) is -0.235. The summed E-state index contributed by atoms with van der Waals surface area (Å²) in [5, 5.41) is 7.71. The molecule has 2 aliphatic heterocycles. The lowest BCUT2D eigenvalue weighted by molar-refractivity contribution is -0.137. The highest BCUT2D eigenvalue weighted by Crippen LogP contribution is 2.45. The first-order valence-corrected chi connectivity index (χ1v) is 15.4. The van der Waals surface area contributed by atoms with E-state index in [1.165, 1.54) is 42.3 Å². The van der Waals surface area contributed by atoms with Gasteiger partial charge in [-0.3, -0.25) is 14.7 Å². The molecule has 0 saturated carbocycles. The molecular weight excluding hydrogens is 680 g/mol. The normalized spacial score (nSPS) is 20.8. The zero-order valence-corrected chi connectivity index (χ0v) is 26.4. The summed E-state index contributed by atoms with van der Waals surface area (Å²) < 4.78 is 125. The first-order chi connectivity index (χ1) is 23.5. The van der Waals surface area contributed by atoms with E-state index in [0.29, 0.717) is 23.4 Å². The minimum atomic E-state index is -4.56. The number of hydrogen-bond acceptors (Lipinski definition) is 8. The molecule has 266 valence electrons. The average Bonchev–Trinajstić information content (AvgIpc) is 3.53. The molecule has 1 saturated heterocycles. The fraction of sp³-hybridized carbons (Fsp3) is 0.394. The van der Waals surface area contributed by atoms with E-state index >= 15 is 13.2 Å². The lowest BCUT2D eigenvalue weighted by atomic mass is 9.95. The number of anilines is 1. The van der Waals surface area contributed by atoms with Crippen LogP contribution in [0.4, 0.5) is 40.8 Å². The van der Waals surface area contributed by atoms with Crippen LogP contribution in [0.25, 0.3) is 22.7 Å². The lowest BCUT2D eigenvalue weighted by Gasteiger charge is -2.36. The van der Waals surface area contributed by atoms with E-state index in [-0.39, 0.29) is 43.5 Å². The number of likely N-dealkylation sites (tertiary alicyclic amines) is 1. The van der Waals surface area contributed by atoms with E-state index in [1.807, 2.05) is 0 Å². The number of amides is 1. The van der Waals surface area contributed by atoms with Crippen molar-refractivity contribution in [2.45, 2.75) is 49.4 Å². The van der Waals surface area contributed by atoms with Crippen molar-refractivity contribution in [1.29, 1.82) is 0 Å². The van der Waals surface area contributed by atoms with Crippen molar-refractivity contribution in [3.05, 3.63) is 83.1 Å². The molecular formula is C33H30F8N6O3. The molecule has 2 aromatic heterocycles. The highest BCUT2D eigenvalue weighted by Gasteiger charge is 2.46. The highest BCUT2D eigenvalue weighted by molar-refractivity contribution is 5.99. The second kappa shape index (κ2) is 13.3. The third-order valence-corrected chi connectivity index (χ3v) is 8.62. The van der Waals surface area contributed by atoms with Crippen LogP contribution in [0.3, 0.4) is 0 Å². The molecule has 1 unspecified atom stereocenters. The van der Waals surface area contributed by atoms with Crippen LogP contribution < -0.4 is 10.6 Å². The van der Waals surface area contributed by atoms with E-state index in [2.05, 4.69) is 15.2 Å². The van der Waals surface area contributed by atoms with Gasteiger partial charge in [-0.15, -0.1) is 10.2 Å². The summed E-state index contributed by atoms with van der Waals surface area (Å²) in [6, 6.07) is 8.07. The Kier molecular flexibility index (Phi) is 9.43. The van der Waals surface area contributed by atoms with Crippen LogP contribution in [0.2, 0.25) is 0 Å². The smallest absolute Gasteiger partial charge is 0.417 e. The summed E-state index contributed by atoms with van der Waals surface area (Å²) in [5.41, 5.74) is 4.44. The van der Waals surface area contributed by atoms with Crippen LogP contribution in [0.15, 0.2) is 59.1 Å². The molecule has 4 heterocycles. The topological polar surface area (TPSA) is 111 Å². The predicted molar refractivity (Wildman–Crippen MR) is 163 cm³/mol. The minimum absolute atomic E-state index is 0.132. The molecule has 1 fully saturated rings. The van der Waals surface area contributed by atoms with E-state index < -0.39 is 83.7 Å². The van der Waals surface area contributed by atoms with E-state index in [0.717, 1.165) is 17.0 Å². The third-order valence-electron chi connectivity index (χ3n) is 8.62. The number of benzene rings is 2. The SMILES string of the molecule is COCCN1CC(c2nnc(-c3cc4c(cc3F)C(F)(F)C[C@H](N)C(=O)N4Cc3ccc(-c4ccc(C(F)(F)F)cn4)cc3)o2)CC(F)(F)C1. The largest absolute Gasteiger partial charge is 0.420 e. The van der Waals surface area contributed by atoms with E-state index in [4.69, 9.17) is 14.9 Å². The van der Waals surface area contributed by atoms with Gasteiger partial charge >= 0.3 is 6.18 Å². The number of methoxy groups -OCH3 is 1. The van der Waals surface area contributed by atoms with Crippen molar-refractivity contribution in [3.8, 4) is 22.7 Å². The number of alkyl halides is 7. The summed E-state index contributed by atoms with van der Waals surface area (Å²) in [7, 11) is 1.44. The number of rotatable bonds is 8. The molecule has 2 aromatic carbocycles. The molecule has 17 heteroatoms. The van der Waals surface area contributed by atoms with Gasteiger partial charge in [-0.25, -0.2) is 22.0 Å². The Morgan fingerprint density at radius 2 is 1.78 bits per heavy atom. The van der Waals surface area contributed by atoms with Crippen molar-refractivity contribution >= 4 is 11.6 Å². The Bertz CT molecular complexity index is 1850. The molecule has 1 amide bonds. The van der Waals surface area contributed by atoms with Crippen LogP contribution in [-0.2, 0) is 28.2 Å². The fourth-order valence-electron chi connectivity index (χ4n) is 6.15. The van der Waals surface area contributed by atoms with Gasteiger partial charge in [0.2, 0.25) is 11.8 Å². The second-order valence-corrected chi connectivity index (χ2v) is 12.3. The highest BCUT2D eigenvalue weighted by atomic mass is 19.4. The summed E-state index contributed by atoms with van der Waals surface area (Å²) >= 11 is 0. The van der Waals surface area contributed by atoms with Gasteiger partial charge in [0.15, 0.2) is 0 Å². The summed E-state index contributed by atoms with van der Waals surface area (Å²) in [6.07, 6.45) is -5.57. The molecule has 2 N–H and O–H groups in total. The van der Waals surface area contributed by atoms with Gasteiger partial charge in [0.25, 0.3) is 17.7 Å². The van der Waals surface area contributed by atoms with Crippen molar-refractivity contribution in [3.63, 3.8) is 0 Å². The number of nitrogens with two attached hydrogens (primary N) is 1. The molecule has 2 atom stereocenters. The molecule has 0 spiro atoms. The van der Waals surface area contributed by atoms with Gasteiger partial charge in [-0.05, 0) is 29.8 Å². The number of hydrogen-bond donors (Lipinski definition) is 1. The van der Waals surface area contributed by atoms with Crippen molar-refractivity contribution < 1.29 is 49.1 Å². The summed E-state index contributed by atoms with van der Waals surface area (Å²) in [5.74, 6) is -10.4. The van der Waals surface area contributed by atoms with Gasteiger partial charge in [0, 0.05) is 50.4 Å². The molecule has 0 aliphatic carbocycles. The predicted octanol–water partition coefficient (Wildman–Crippen LogP) is 6.38.